The van der Waals surface area contributed by atoms with Crippen LogP contribution in [0, 0.1) is 0 Å². The van der Waals surface area contributed by atoms with E-state index in [4.69, 9.17) is 22.1 Å². The zero-order valence-electron chi connectivity index (χ0n) is 36.0. The second-order valence-corrected chi connectivity index (χ2v) is 18.6. The van der Waals surface area contributed by atoms with Gasteiger partial charge in [-0.05, 0) is 99.1 Å². The molecule has 20 heteroatoms. The van der Waals surface area contributed by atoms with E-state index in [1.165, 1.54) is 38.4 Å². The normalized spacial score (nSPS) is 21.8. The number of piperidine rings is 1. The van der Waals surface area contributed by atoms with Crippen LogP contribution in [0.4, 0.5) is 8.78 Å². The molecule has 3 saturated heterocycles. The van der Waals surface area contributed by atoms with E-state index in [1.54, 1.807) is 23.1 Å². The summed E-state index contributed by atoms with van der Waals surface area (Å²) in [6.07, 6.45) is 2.38. The van der Waals surface area contributed by atoms with Crippen molar-refractivity contribution in [3.63, 3.8) is 0 Å². The van der Waals surface area contributed by atoms with Gasteiger partial charge in [0.2, 0.25) is 29.5 Å². The highest BCUT2D eigenvalue weighted by atomic mass is 35.5. The minimum Gasteiger partial charge on any atom is -0.490 e. The van der Waals surface area contributed by atoms with Crippen LogP contribution in [-0.4, -0.2) is 118 Å². The number of hydrogen-bond donors (Lipinski definition) is 5. The van der Waals surface area contributed by atoms with Crippen molar-refractivity contribution in [2.75, 3.05) is 26.7 Å². The summed E-state index contributed by atoms with van der Waals surface area (Å²) in [6.45, 7) is 0.896. The maximum Gasteiger partial charge on any atom is 0.283 e. The number of carbonyl (C=O) groups excluding carboxylic acids is 7. The Morgan fingerprint density at radius 3 is 2.59 bits per heavy atom. The van der Waals surface area contributed by atoms with Crippen molar-refractivity contribution in [2.24, 2.45) is 5.73 Å². The second-order valence-electron chi connectivity index (χ2n) is 17.5. The number of aromatic nitrogens is 1. The molecule has 6 atom stereocenters. The van der Waals surface area contributed by atoms with Crippen molar-refractivity contribution < 1.29 is 47.1 Å². The molecular formula is C46H50ClF2N8O8P. The summed E-state index contributed by atoms with van der Waals surface area (Å²) in [4.78, 5) is 99.4. The van der Waals surface area contributed by atoms with Gasteiger partial charge < -0.3 is 40.8 Å². The number of ether oxygens (including phenoxy) is 1. The van der Waals surface area contributed by atoms with Gasteiger partial charge in [-0.2, -0.15) is 8.78 Å². The van der Waals surface area contributed by atoms with E-state index in [9.17, 15) is 42.3 Å². The molecule has 2 unspecified atom stereocenters. The maximum atomic E-state index is 14.4. The predicted octanol–water partition coefficient (Wildman–Crippen LogP) is 3.72. The number of aromatic amines is 1. The van der Waals surface area contributed by atoms with Crippen LogP contribution in [0.3, 0.4) is 0 Å². The maximum absolute atomic E-state index is 14.4. The SMILES string of the molecule is CN1CC[C@H]2CC[C@@H](C(=O)N[C@@H](CCC(N)=O)COc3cccc(Cc4ccc5c(c4)CN(C4CCC(=O)NC4=O)C5=O)c3Cl)N2C(=O)[C@@H](NC(=O)c2cc3cc(C(F)(F)P)ccc3[nH]2)C1. The number of amides is 7. The summed E-state index contributed by atoms with van der Waals surface area (Å²) in [5, 5.41) is 8.84. The van der Waals surface area contributed by atoms with Gasteiger partial charge in [0, 0.05) is 54.0 Å². The molecule has 3 aromatic carbocycles. The highest BCUT2D eigenvalue weighted by Gasteiger charge is 2.45. The second kappa shape index (κ2) is 19.1. The molecule has 0 spiro atoms. The van der Waals surface area contributed by atoms with Gasteiger partial charge in [0.05, 0.1) is 11.1 Å². The number of rotatable bonds is 14. The molecule has 0 radical (unpaired) electrons. The van der Waals surface area contributed by atoms with Gasteiger partial charge in [-0.1, -0.05) is 51.2 Å². The fraction of sp³-hybridized carbons (Fsp3) is 0.413. The molecule has 0 bridgehead atoms. The summed E-state index contributed by atoms with van der Waals surface area (Å²) in [6, 6.07) is 12.6. The van der Waals surface area contributed by atoms with Crippen LogP contribution in [0.5, 0.6) is 5.75 Å². The number of fused-ring (bicyclic) bond motifs is 3. The lowest BCUT2D eigenvalue weighted by Gasteiger charge is -2.38. The van der Waals surface area contributed by atoms with Crippen LogP contribution in [-0.2, 0) is 42.6 Å². The van der Waals surface area contributed by atoms with Crippen molar-refractivity contribution in [3.8, 4) is 5.75 Å². The fourth-order valence-corrected chi connectivity index (χ4v) is 9.78. The van der Waals surface area contributed by atoms with Crippen molar-refractivity contribution in [3.05, 3.63) is 99.2 Å². The number of halogens is 3. The Morgan fingerprint density at radius 2 is 1.83 bits per heavy atom. The van der Waals surface area contributed by atoms with Crippen LogP contribution < -0.4 is 26.4 Å². The molecule has 16 nitrogen and oxygen atoms in total. The number of primary amides is 1. The summed E-state index contributed by atoms with van der Waals surface area (Å²) in [5.41, 5.74) is 5.51. The van der Waals surface area contributed by atoms with Crippen LogP contribution in [0.2, 0.25) is 5.02 Å². The molecule has 4 aromatic rings. The molecule has 7 amide bonds. The lowest BCUT2D eigenvalue weighted by Crippen LogP contribution is -2.60. The standard InChI is InChI=1S/C46H50ClF2N8O8P/c1-55-16-15-30-8-11-36(57(30)45(64)34(22-55)53-41(60)33-20-26-19-28(46(48,49)66)6-10-32(26)52-33)43(62)51-29(7-13-38(50)58)23-65-37-4-2-3-25(40(37)47)17-24-5-9-31-27(18-24)21-56(44(31)63)35-12-14-39(59)54-42(35)61/h2-6,9-10,18-20,29-30,34-36,52H,7-8,11-17,21-23,66H2,1H3,(H2,50,58)(H,51,62)(H,53,60)(H,54,59,61)/t29-,30+,34-,35?,36-/m0/s1. The van der Waals surface area contributed by atoms with E-state index < -0.39 is 59.4 Å². The quantitative estimate of drug-likeness (QED) is 0.0919. The number of H-pyrrole nitrogens is 1. The van der Waals surface area contributed by atoms with Gasteiger partial charge in [-0.15, -0.1) is 0 Å². The lowest BCUT2D eigenvalue weighted by molar-refractivity contribution is -0.143. The van der Waals surface area contributed by atoms with Crippen LogP contribution in [0.15, 0.2) is 60.7 Å². The van der Waals surface area contributed by atoms with Gasteiger partial charge in [0.25, 0.3) is 17.5 Å². The van der Waals surface area contributed by atoms with Gasteiger partial charge >= 0.3 is 0 Å². The van der Waals surface area contributed by atoms with E-state index in [0.29, 0.717) is 59.5 Å². The molecule has 66 heavy (non-hydrogen) atoms. The van der Waals surface area contributed by atoms with E-state index >= 15 is 0 Å². The van der Waals surface area contributed by atoms with E-state index in [1.807, 2.05) is 30.1 Å². The Balaban J connectivity index is 0.927. The molecule has 0 aliphatic carbocycles. The molecule has 0 saturated carbocycles. The van der Waals surface area contributed by atoms with Crippen LogP contribution in [0.25, 0.3) is 10.9 Å². The zero-order valence-corrected chi connectivity index (χ0v) is 38.0. The number of nitrogens with two attached hydrogens (primary N) is 1. The largest absolute Gasteiger partial charge is 0.490 e. The third-order valence-corrected chi connectivity index (χ3v) is 13.6. The summed E-state index contributed by atoms with van der Waals surface area (Å²) >= 11 is 6.91. The molecule has 4 aliphatic rings. The van der Waals surface area contributed by atoms with Crippen molar-refractivity contribution in [1.29, 1.82) is 0 Å². The molecule has 3 fully saturated rings. The average Bonchev–Trinajstić information content (AvgIpc) is 3.98. The number of hydrogen-bond acceptors (Lipinski definition) is 9. The zero-order chi connectivity index (χ0) is 47.0. The smallest absolute Gasteiger partial charge is 0.283 e. The minimum atomic E-state index is -3.15. The molecular weight excluding hydrogens is 897 g/mol. The molecule has 4 aliphatic heterocycles. The molecule has 6 N–H and O–H groups in total. The number of nitrogens with one attached hydrogen (secondary N) is 4. The summed E-state index contributed by atoms with van der Waals surface area (Å²) in [5.74, 6) is -2.86. The Kier molecular flexibility index (Phi) is 13.5. The van der Waals surface area contributed by atoms with E-state index in [0.717, 1.165) is 16.7 Å². The van der Waals surface area contributed by atoms with Gasteiger partial charge in [0.15, 0.2) is 0 Å². The van der Waals surface area contributed by atoms with Crippen LogP contribution in [0.1, 0.15) is 88.0 Å². The molecule has 5 heterocycles. The topological polar surface area (TPSA) is 216 Å². The third-order valence-electron chi connectivity index (χ3n) is 12.8. The highest BCUT2D eigenvalue weighted by molar-refractivity contribution is 7.17. The Hall–Kier alpha value is -5.97. The number of carbonyl (C=O) groups is 7. The number of benzene rings is 3. The first-order valence-corrected chi connectivity index (χ1v) is 22.8. The number of nitrogens with zero attached hydrogens (tertiary/aromatic N) is 3. The number of likely N-dealkylation sites (N-methyl/N-ethyl adjacent to an activating group) is 1. The molecule has 1 aromatic heterocycles. The van der Waals surface area contributed by atoms with Gasteiger partial charge in [-0.3, -0.25) is 38.9 Å². The third kappa shape index (κ3) is 10.1. The lowest BCUT2D eigenvalue weighted by atomic mass is 10.00. The van der Waals surface area contributed by atoms with Crippen molar-refractivity contribution in [1.82, 2.24) is 35.6 Å². The Morgan fingerprint density at radius 1 is 1.03 bits per heavy atom. The first kappa shape index (κ1) is 46.6. The number of imide groups is 1. The summed E-state index contributed by atoms with van der Waals surface area (Å²) in [7, 11) is 3.34. The van der Waals surface area contributed by atoms with Crippen LogP contribution >= 0.6 is 20.8 Å². The molecule has 348 valence electrons. The Labute approximate surface area is 385 Å². The van der Waals surface area contributed by atoms with Gasteiger partial charge in [-0.25, -0.2) is 0 Å². The Bertz CT molecular complexity index is 2620. The fourth-order valence-electron chi connectivity index (χ4n) is 9.36. The molecule has 8 rings (SSSR count). The average molecular weight is 947 g/mol. The predicted molar refractivity (Wildman–Crippen MR) is 242 cm³/mol. The number of alkyl halides is 2. The minimum absolute atomic E-state index is 0.0604. The van der Waals surface area contributed by atoms with E-state index in [2.05, 4.69) is 20.9 Å². The van der Waals surface area contributed by atoms with Crippen molar-refractivity contribution in [2.45, 2.75) is 93.8 Å². The van der Waals surface area contributed by atoms with E-state index in [-0.39, 0.29) is 74.5 Å². The van der Waals surface area contributed by atoms with Gasteiger partial charge in [0.1, 0.15) is 36.2 Å². The first-order chi connectivity index (χ1) is 31.4. The highest BCUT2D eigenvalue weighted by Crippen LogP contribution is 2.37. The summed E-state index contributed by atoms with van der Waals surface area (Å²) < 4.78 is 34.2. The first-order valence-electron chi connectivity index (χ1n) is 21.8. The monoisotopic (exact) mass is 946 g/mol. The van der Waals surface area contributed by atoms with Crippen molar-refractivity contribution >= 4 is 73.1 Å².